The summed E-state index contributed by atoms with van der Waals surface area (Å²) in [7, 11) is 3.05. The van der Waals surface area contributed by atoms with Crippen LogP contribution in [-0.2, 0) is 0 Å². The third-order valence-corrected chi connectivity index (χ3v) is 3.20. The van der Waals surface area contributed by atoms with Crippen molar-refractivity contribution in [3.8, 4) is 11.5 Å². The Morgan fingerprint density at radius 2 is 1.89 bits per heavy atom. The van der Waals surface area contributed by atoms with Crippen molar-refractivity contribution in [3.05, 3.63) is 37.3 Å². The van der Waals surface area contributed by atoms with Gasteiger partial charge in [-0.05, 0) is 49.6 Å². The maximum atomic E-state index is 10.6. The molecule has 1 rings (SSSR count). The molecular formula is C11H11Br2NO4. The fourth-order valence-corrected chi connectivity index (χ4v) is 2.12. The van der Waals surface area contributed by atoms with E-state index in [9.17, 15) is 10.1 Å². The molecule has 7 heteroatoms. The third kappa shape index (κ3) is 3.71. The first-order chi connectivity index (χ1) is 8.49. The first-order valence-electron chi connectivity index (χ1n) is 4.88. The molecule has 0 amide bonds. The largest absolute Gasteiger partial charge is 0.493 e. The van der Waals surface area contributed by atoms with Crippen LogP contribution < -0.4 is 9.47 Å². The fourth-order valence-electron chi connectivity index (χ4n) is 1.41. The highest BCUT2D eigenvalue weighted by Crippen LogP contribution is 2.34. The van der Waals surface area contributed by atoms with Gasteiger partial charge >= 0.3 is 0 Å². The molecule has 5 nitrogen and oxygen atoms in total. The smallest absolute Gasteiger partial charge is 0.231 e. The first kappa shape index (κ1) is 15.0. The van der Waals surface area contributed by atoms with Crippen molar-refractivity contribution in [2.75, 3.05) is 20.8 Å². The number of hydrogen-bond donors (Lipinski definition) is 0. The number of halogens is 2. The zero-order chi connectivity index (χ0) is 13.7. The first-order valence-corrected chi connectivity index (χ1v) is 6.46. The van der Waals surface area contributed by atoms with Crippen LogP contribution in [0, 0.1) is 10.1 Å². The van der Waals surface area contributed by atoms with E-state index in [1.54, 1.807) is 18.2 Å². The van der Waals surface area contributed by atoms with Crippen LogP contribution in [0.4, 0.5) is 0 Å². The van der Waals surface area contributed by atoms with Crippen molar-refractivity contribution < 1.29 is 14.4 Å². The van der Waals surface area contributed by atoms with Gasteiger partial charge in [0.1, 0.15) is 0 Å². The van der Waals surface area contributed by atoms with E-state index in [-0.39, 0.29) is 6.54 Å². The van der Waals surface area contributed by atoms with Crippen molar-refractivity contribution >= 4 is 37.4 Å². The number of nitro groups is 1. The molecule has 0 atom stereocenters. The number of nitrogens with zero attached hydrogens (tertiary/aromatic N) is 1. The van der Waals surface area contributed by atoms with E-state index < -0.39 is 4.92 Å². The lowest BCUT2D eigenvalue weighted by Crippen LogP contribution is -2.04. The summed E-state index contributed by atoms with van der Waals surface area (Å²) in [5.41, 5.74) is 1.22. The van der Waals surface area contributed by atoms with Crippen molar-refractivity contribution in [1.82, 2.24) is 0 Å². The van der Waals surface area contributed by atoms with Crippen LogP contribution in [0.5, 0.6) is 11.5 Å². The molecular weight excluding hydrogens is 370 g/mol. The van der Waals surface area contributed by atoms with Crippen LogP contribution in [-0.4, -0.2) is 25.7 Å². The van der Waals surface area contributed by atoms with Crippen LogP contribution in [0.25, 0.3) is 5.57 Å². The summed E-state index contributed by atoms with van der Waals surface area (Å²) in [4.78, 5) is 10.2. The Morgan fingerprint density at radius 1 is 1.28 bits per heavy atom. The predicted molar refractivity (Wildman–Crippen MR) is 76.2 cm³/mol. The molecule has 0 unspecified atom stereocenters. The normalized spacial score (nSPS) is 9.78. The molecule has 0 N–H and O–H groups in total. The zero-order valence-corrected chi connectivity index (χ0v) is 12.9. The molecule has 98 valence electrons. The minimum Gasteiger partial charge on any atom is -0.493 e. The molecule has 0 fully saturated rings. The summed E-state index contributed by atoms with van der Waals surface area (Å²) in [6, 6.07) is 5.14. The minimum atomic E-state index is -0.394. The predicted octanol–water partition coefficient (Wildman–Crippen LogP) is 3.44. The van der Waals surface area contributed by atoms with Crippen LogP contribution in [0.1, 0.15) is 5.56 Å². The van der Waals surface area contributed by atoms with Crippen LogP contribution in [0.2, 0.25) is 0 Å². The molecule has 18 heavy (non-hydrogen) atoms. The molecule has 1 aromatic carbocycles. The van der Waals surface area contributed by atoms with Gasteiger partial charge in [0.15, 0.2) is 11.5 Å². The van der Waals surface area contributed by atoms with E-state index in [0.717, 1.165) is 0 Å². The molecule has 0 bridgehead atoms. The lowest BCUT2D eigenvalue weighted by atomic mass is 10.1. The lowest BCUT2D eigenvalue weighted by Gasteiger charge is -2.10. The van der Waals surface area contributed by atoms with Gasteiger partial charge in [-0.25, -0.2) is 0 Å². The Kier molecular flexibility index (Phi) is 5.61. The van der Waals surface area contributed by atoms with Crippen LogP contribution in [0.15, 0.2) is 21.6 Å². The highest BCUT2D eigenvalue weighted by Gasteiger charge is 2.15. The van der Waals surface area contributed by atoms with Gasteiger partial charge in [-0.3, -0.25) is 10.1 Å². The second-order valence-electron chi connectivity index (χ2n) is 3.30. The zero-order valence-electron chi connectivity index (χ0n) is 9.78. The van der Waals surface area contributed by atoms with Crippen LogP contribution >= 0.6 is 31.9 Å². The van der Waals surface area contributed by atoms with E-state index in [1.807, 2.05) is 0 Å². The van der Waals surface area contributed by atoms with Crippen molar-refractivity contribution in [1.29, 1.82) is 0 Å². The van der Waals surface area contributed by atoms with Gasteiger partial charge in [0.2, 0.25) is 6.54 Å². The standard InChI is InChI=1S/C11H11Br2NO4/c1-17-9-4-3-7(5-10(9)18-2)8(11(12)13)6-14(15)16/h3-5H,6H2,1-2H3. The van der Waals surface area contributed by atoms with E-state index in [4.69, 9.17) is 9.47 Å². The molecule has 1 aromatic rings. The maximum absolute atomic E-state index is 10.6. The average molecular weight is 381 g/mol. The van der Waals surface area contributed by atoms with Gasteiger partial charge < -0.3 is 9.47 Å². The summed E-state index contributed by atoms with van der Waals surface area (Å²) in [5.74, 6) is 1.10. The molecule has 0 aliphatic rings. The molecule has 0 saturated carbocycles. The van der Waals surface area contributed by atoms with Gasteiger partial charge in [-0.1, -0.05) is 6.07 Å². The quantitative estimate of drug-likeness (QED) is 0.579. The highest BCUT2D eigenvalue weighted by atomic mass is 79.9. The monoisotopic (exact) mass is 379 g/mol. The fraction of sp³-hybridized carbons (Fsp3) is 0.273. The summed E-state index contributed by atoms with van der Waals surface area (Å²) in [6.45, 7) is -0.290. The summed E-state index contributed by atoms with van der Waals surface area (Å²) in [5, 5.41) is 10.6. The Bertz CT molecular complexity index is 484. The number of hydrogen-bond acceptors (Lipinski definition) is 4. The second-order valence-corrected chi connectivity index (χ2v) is 5.95. The van der Waals surface area contributed by atoms with E-state index in [0.29, 0.717) is 26.0 Å². The molecule has 0 aromatic heterocycles. The van der Waals surface area contributed by atoms with Gasteiger partial charge in [0.25, 0.3) is 0 Å². The molecule has 0 saturated heterocycles. The third-order valence-electron chi connectivity index (χ3n) is 2.25. The van der Waals surface area contributed by atoms with Gasteiger partial charge in [0.05, 0.1) is 23.2 Å². The molecule has 0 aliphatic carbocycles. The van der Waals surface area contributed by atoms with Gasteiger partial charge in [-0.2, -0.15) is 0 Å². The van der Waals surface area contributed by atoms with Crippen molar-refractivity contribution in [3.63, 3.8) is 0 Å². The van der Waals surface area contributed by atoms with Crippen molar-refractivity contribution in [2.45, 2.75) is 0 Å². The van der Waals surface area contributed by atoms with Gasteiger partial charge in [0, 0.05) is 4.92 Å². The lowest BCUT2D eigenvalue weighted by molar-refractivity contribution is -0.465. The number of ether oxygens (including phenoxy) is 2. The van der Waals surface area contributed by atoms with E-state index in [1.165, 1.54) is 14.2 Å². The Morgan fingerprint density at radius 3 is 2.33 bits per heavy atom. The Hall–Kier alpha value is -1.08. The van der Waals surface area contributed by atoms with E-state index >= 15 is 0 Å². The maximum Gasteiger partial charge on any atom is 0.231 e. The Labute approximate surface area is 121 Å². The minimum absolute atomic E-state index is 0.290. The molecule has 0 spiro atoms. The van der Waals surface area contributed by atoms with Crippen LogP contribution in [0.3, 0.4) is 0 Å². The van der Waals surface area contributed by atoms with E-state index in [2.05, 4.69) is 31.9 Å². The second kappa shape index (κ2) is 6.75. The summed E-state index contributed by atoms with van der Waals surface area (Å²) >= 11 is 6.42. The van der Waals surface area contributed by atoms with Gasteiger partial charge in [-0.15, -0.1) is 0 Å². The average Bonchev–Trinajstić information content (AvgIpc) is 2.34. The SMILES string of the molecule is COc1ccc(C(C[N+](=O)[O-])=C(Br)Br)cc1OC. The molecule has 0 heterocycles. The number of benzene rings is 1. The van der Waals surface area contributed by atoms with Crippen molar-refractivity contribution in [2.24, 2.45) is 0 Å². The summed E-state index contributed by atoms with van der Waals surface area (Å²) < 4.78 is 10.8. The topological polar surface area (TPSA) is 61.6 Å². The molecule has 0 radical (unpaired) electrons. The highest BCUT2D eigenvalue weighted by molar-refractivity contribution is 9.28. The summed E-state index contributed by atoms with van der Waals surface area (Å²) in [6.07, 6.45) is 0. The Balaban J connectivity index is 3.23. The number of rotatable bonds is 5. The number of methoxy groups -OCH3 is 2. The molecule has 0 aliphatic heterocycles.